The van der Waals surface area contributed by atoms with Gasteiger partial charge >= 0.3 is 0 Å². The molecule has 6 heteroatoms. The van der Waals surface area contributed by atoms with E-state index in [4.69, 9.17) is 9.47 Å². The smallest absolute Gasteiger partial charge is 0.230 e. The molecular weight excluding hydrogens is 392 g/mol. The second kappa shape index (κ2) is 10.8. The number of amides is 2. The number of para-hydroxylation sites is 3. The van der Waals surface area contributed by atoms with Crippen LogP contribution in [-0.4, -0.2) is 37.0 Å². The molecule has 0 unspecified atom stereocenters. The summed E-state index contributed by atoms with van der Waals surface area (Å²) in [6, 6.07) is 14.7. The molecule has 2 aromatic rings. The minimum absolute atomic E-state index is 0.0862. The first-order valence-electron chi connectivity index (χ1n) is 11.1. The molecule has 1 heterocycles. The van der Waals surface area contributed by atoms with Crippen LogP contribution in [0, 0.1) is 5.92 Å². The first-order valence-corrected chi connectivity index (χ1v) is 11.1. The molecule has 2 aromatic carbocycles. The maximum absolute atomic E-state index is 13.5. The van der Waals surface area contributed by atoms with Gasteiger partial charge in [0, 0.05) is 18.5 Å². The Labute approximate surface area is 184 Å². The number of methoxy groups -OCH3 is 1. The number of benzene rings is 2. The lowest BCUT2D eigenvalue weighted by Gasteiger charge is -2.41. The van der Waals surface area contributed by atoms with Crippen molar-refractivity contribution in [2.75, 3.05) is 25.6 Å². The molecule has 166 valence electrons. The van der Waals surface area contributed by atoms with Crippen LogP contribution in [0.5, 0.6) is 11.5 Å². The van der Waals surface area contributed by atoms with Crippen LogP contribution in [0.2, 0.25) is 0 Å². The maximum Gasteiger partial charge on any atom is 0.230 e. The predicted octanol–water partition coefficient (Wildman–Crippen LogP) is 4.81. The van der Waals surface area contributed by atoms with Gasteiger partial charge in [-0.1, -0.05) is 43.7 Å². The fourth-order valence-corrected chi connectivity index (χ4v) is 4.19. The third-order valence-corrected chi connectivity index (χ3v) is 5.70. The van der Waals surface area contributed by atoms with Crippen molar-refractivity contribution in [1.29, 1.82) is 0 Å². The number of nitrogens with one attached hydrogen (secondary N) is 1. The number of hydrogen-bond donors (Lipinski definition) is 1. The van der Waals surface area contributed by atoms with Crippen molar-refractivity contribution in [3.63, 3.8) is 0 Å². The molecule has 1 N–H and O–H groups in total. The summed E-state index contributed by atoms with van der Waals surface area (Å²) in [5, 5.41) is 3.05. The lowest BCUT2D eigenvalue weighted by molar-refractivity contribution is -0.142. The fourth-order valence-electron chi connectivity index (χ4n) is 4.19. The van der Waals surface area contributed by atoms with Crippen LogP contribution in [-0.2, 0) is 9.59 Å². The number of nitrogens with zero attached hydrogens (tertiary/aromatic N) is 1. The third kappa shape index (κ3) is 5.19. The number of ether oxygens (including phenoxy) is 2. The SMILES string of the molecule is CCCCN1C(=O)CC[C@H](C(=O)Nc2ccccc2OCC)[C@H]1c1ccccc1OC. The Morgan fingerprint density at radius 1 is 1.10 bits per heavy atom. The van der Waals surface area contributed by atoms with Crippen molar-refractivity contribution >= 4 is 17.5 Å². The molecule has 0 aliphatic carbocycles. The second-order valence-electron chi connectivity index (χ2n) is 7.69. The largest absolute Gasteiger partial charge is 0.496 e. The summed E-state index contributed by atoms with van der Waals surface area (Å²) < 4.78 is 11.3. The molecule has 31 heavy (non-hydrogen) atoms. The Morgan fingerprint density at radius 3 is 2.52 bits per heavy atom. The lowest BCUT2D eigenvalue weighted by atomic mass is 9.83. The van der Waals surface area contributed by atoms with E-state index in [1.807, 2.05) is 60.4 Å². The number of piperidine rings is 1. The van der Waals surface area contributed by atoms with E-state index < -0.39 is 0 Å². The first-order chi connectivity index (χ1) is 15.1. The molecule has 2 atom stereocenters. The van der Waals surface area contributed by atoms with E-state index in [0.29, 0.717) is 43.2 Å². The minimum atomic E-state index is -0.388. The second-order valence-corrected chi connectivity index (χ2v) is 7.69. The summed E-state index contributed by atoms with van der Waals surface area (Å²) in [6.45, 7) is 5.15. The zero-order valence-corrected chi connectivity index (χ0v) is 18.6. The summed E-state index contributed by atoms with van der Waals surface area (Å²) in [7, 11) is 1.62. The van der Waals surface area contributed by atoms with Crippen molar-refractivity contribution < 1.29 is 19.1 Å². The highest BCUT2D eigenvalue weighted by Crippen LogP contribution is 2.41. The summed E-state index contributed by atoms with van der Waals surface area (Å²) >= 11 is 0. The molecule has 0 aromatic heterocycles. The van der Waals surface area contributed by atoms with Crippen LogP contribution in [0.15, 0.2) is 48.5 Å². The van der Waals surface area contributed by atoms with E-state index in [1.165, 1.54) is 0 Å². The number of rotatable bonds is 9. The van der Waals surface area contributed by atoms with Crippen LogP contribution >= 0.6 is 0 Å². The number of carbonyl (C=O) groups excluding carboxylic acids is 2. The molecule has 0 radical (unpaired) electrons. The van der Waals surface area contributed by atoms with E-state index in [1.54, 1.807) is 7.11 Å². The third-order valence-electron chi connectivity index (χ3n) is 5.70. The number of likely N-dealkylation sites (tertiary alicyclic amines) is 1. The van der Waals surface area contributed by atoms with Gasteiger partial charge in [-0.25, -0.2) is 0 Å². The average molecular weight is 425 g/mol. The van der Waals surface area contributed by atoms with Crippen molar-refractivity contribution in [2.45, 2.75) is 45.6 Å². The van der Waals surface area contributed by atoms with E-state index in [-0.39, 0.29) is 23.8 Å². The van der Waals surface area contributed by atoms with E-state index in [0.717, 1.165) is 18.4 Å². The van der Waals surface area contributed by atoms with Gasteiger partial charge in [0.25, 0.3) is 0 Å². The molecule has 0 saturated carbocycles. The number of unbranched alkanes of at least 4 members (excludes halogenated alkanes) is 1. The van der Waals surface area contributed by atoms with Gasteiger partial charge in [-0.3, -0.25) is 9.59 Å². The molecule has 3 rings (SSSR count). The predicted molar refractivity (Wildman–Crippen MR) is 121 cm³/mol. The fraction of sp³-hybridized carbons (Fsp3) is 0.440. The van der Waals surface area contributed by atoms with Crippen LogP contribution < -0.4 is 14.8 Å². The zero-order valence-electron chi connectivity index (χ0n) is 18.6. The summed E-state index contributed by atoms with van der Waals surface area (Å²) in [5.41, 5.74) is 1.51. The van der Waals surface area contributed by atoms with Crippen molar-refractivity contribution in [2.24, 2.45) is 5.92 Å². The highest BCUT2D eigenvalue weighted by molar-refractivity contribution is 5.96. The maximum atomic E-state index is 13.5. The van der Waals surface area contributed by atoms with Crippen molar-refractivity contribution in [3.05, 3.63) is 54.1 Å². The molecule has 2 amide bonds. The van der Waals surface area contributed by atoms with Crippen LogP contribution in [0.4, 0.5) is 5.69 Å². The Bertz CT molecular complexity index is 899. The molecular formula is C25H32N2O4. The monoisotopic (exact) mass is 424 g/mol. The number of anilines is 1. The molecule has 1 saturated heterocycles. The lowest BCUT2D eigenvalue weighted by Crippen LogP contribution is -2.47. The van der Waals surface area contributed by atoms with E-state index in [2.05, 4.69) is 12.2 Å². The summed E-state index contributed by atoms with van der Waals surface area (Å²) in [4.78, 5) is 28.2. The molecule has 6 nitrogen and oxygen atoms in total. The first kappa shape index (κ1) is 22.7. The molecule has 0 spiro atoms. The molecule has 1 aliphatic rings. The van der Waals surface area contributed by atoms with Crippen molar-refractivity contribution in [3.8, 4) is 11.5 Å². The minimum Gasteiger partial charge on any atom is -0.496 e. The highest BCUT2D eigenvalue weighted by Gasteiger charge is 2.41. The quantitative estimate of drug-likeness (QED) is 0.627. The highest BCUT2D eigenvalue weighted by atomic mass is 16.5. The normalized spacial score (nSPS) is 18.5. The Morgan fingerprint density at radius 2 is 1.81 bits per heavy atom. The summed E-state index contributed by atoms with van der Waals surface area (Å²) in [5.74, 6) is 0.916. The van der Waals surface area contributed by atoms with Gasteiger partial charge in [0.2, 0.25) is 11.8 Å². The molecule has 1 aliphatic heterocycles. The Balaban J connectivity index is 1.96. The van der Waals surface area contributed by atoms with Crippen LogP contribution in [0.3, 0.4) is 0 Å². The van der Waals surface area contributed by atoms with Gasteiger partial charge in [-0.2, -0.15) is 0 Å². The van der Waals surface area contributed by atoms with Crippen LogP contribution in [0.1, 0.15) is 51.1 Å². The van der Waals surface area contributed by atoms with Gasteiger partial charge < -0.3 is 19.7 Å². The standard InChI is InChI=1S/C25H32N2O4/c1-4-6-17-27-23(28)16-15-19(24(27)18-11-7-9-13-21(18)30-3)25(29)26-20-12-8-10-14-22(20)31-5-2/h7-14,19,24H,4-6,15-17H2,1-3H3,(H,26,29)/t19-,24+/m0/s1. The Kier molecular flexibility index (Phi) is 7.93. The zero-order chi connectivity index (χ0) is 22.2. The number of carbonyl (C=O) groups is 2. The Hall–Kier alpha value is -3.02. The van der Waals surface area contributed by atoms with E-state index in [9.17, 15) is 9.59 Å². The van der Waals surface area contributed by atoms with E-state index >= 15 is 0 Å². The topological polar surface area (TPSA) is 67.9 Å². The van der Waals surface area contributed by atoms with Gasteiger partial charge in [0.15, 0.2) is 0 Å². The summed E-state index contributed by atoms with van der Waals surface area (Å²) in [6.07, 6.45) is 2.72. The van der Waals surface area contributed by atoms with Crippen LogP contribution in [0.25, 0.3) is 0 Å². The van der Waals surface area contributed by atoms with Gasteiger partial charge in [0.05, 0.1) is 31.4 Å². The molecule has 1 fully saturated rings. The van der Waals surface area contributed by atoms with Gasteiger partial charge in [-0.05, 0) is 38.0 Å². The number of hydrogen-bond acceptors (Lipinski definition) is 4. The average Bonchev–Trinajstić information content (AvgIpc) is 2.79. The van der Waals surface area contributed by atoms with Crippen molar-refractivity contribution in [1.82, 2.24) is 4.90 Å². The van der Waals surface area contributed by atoms with Gasteiger partial charge in [-0.15, -0.1) is 0 Å². The van der Waals surface area contributed by atoms with Gasteiger partial charge in [0.1, 0.15) is 11.5 Å². The molecule has 0 bridgehead atoms.